The molecule has 1 aromatic heterocycles. The van der Waals surface area contributed by atoms with Crippen LogP contribution in [0.1, 0.15) is 48.1 Å². The number of aromatic nitrogens is 1. The predicted molar refractivity (Wildman–Crippen MR) is 130 cm³/mol. The van der Waals surface area contributed by atoms with Gasteiger partial charge in [-0.2, -0.15) is 31.6 Å². The molecular weight excluding hydrogens is 546 g/mol. The molecule has 3 aromatic rings. The lowest BCUT2D eigenvalue weighted by atomic mass is 9.95. The minimum Gasteiger partial charge on any atom is -0.338 e. The van der Waals surface area contributed by atoms with E-state index in [1.54, 1.807) is 13.0 Å². The van der Waals surface area contributed by atoms with Crippen molar-refractivity contribution >= 4 is 27.2 Å². The number of hydrogen-bond donors (Lipinski definition) is 1. The summed E-state index contributed by atoms with van der Waals surface area (Å²) in [7, 11) is -4.43. The van der Waals surface area contributed by atoms with Crippen molar-refractivity contribution < 1.29 is 34.8 Å². The van der Waals surface area contributed by atoms with Gasteiger partial charge in [0.25, 0.3) is 10.0 Å². The summed E-state index contributed by atoms with van der Waals surface area (Å²) < 4.78 is 109. The second-order valence-corrected chi connectivity index (χ2v) is 11.4. The molecule has 204 valence electrons. The Morgan fingerprint density at radius 2 is 1.69 bits per heavy atom. The molecule has 1 N–H and O–H groups in total. The van der Waals surface area contributed by atoms with Gasteiger partial charge < -0.3 is 5.32 Å². The lowest BCUT2D eigenvalue weighted by Gasteiger charge is -2.26. The Balaban J connectivity index is 1.62. The Morgan fingerprint density at radius 1 is 1.03 bits per heavy atom. The number of nitrogens with one attached hydrogen (secondary N) is 1. The molecule has 0 amide bonds. The highest BCUT2D eigenvalue weighted by molar-refractivity contribution is 7.92. The summed E-state index contributed by atoms with van der Waals surface area (Å²) in [5.74, 6) is -0.821. The quantitative estimate of drug-likeness (QED) is 0.352. The molecule has 2 aromatic carbocycles. The molecule has 1 aliphatic carbocycles. The third kappa shape index (κ3) is 4.56. The lowest BCUT2D eigenvalue weighted by molar-refractivity contribution is -0.160. The van der Waals surface area contributed by atoms with Crippen LogP contribution in [0.15, 0.2) is 59.5 Å². The molecule has 2 heterocycles. The number of pyridine rings is 1. The third-order valence-corrected chi connectivity index (χ3v) is 8.88. The van der Waals surface area contributed by atoms with Crippen molar-refractivity contribution in [3.05, 3.63) is 77.0 Å². The molecule has 1 aliphatic heterocycles. The van der Waals surface area contributed by atoms with Gasteiger partial charge in [-0.3, -0.25) is 4.31 Å². The van der Waals surface area contributed by atoms with Crippen LogP contribution in [0.4, 0.5) is 43.5 Å². The fourth-order valence-corrected chi connectivity index (χ4v) is 6.06. The summed E-state index contributed by atoms with van der Waals surface area (Å²) in [5.41, 5.74) is -2.41. The Hall–Kier alpha value is -3.79. The number of nitriles is 1. The zero-order valence-electron chi connectivity index (χ0n) is 20.2. The summed E-state index contributed by atoms with van der Waals surface area (Å²) in [6.07, 6.45) is -9.38. The Labute approximate surface area is 219 Å². The van der Waals surface area contributed by atoms with E-state index in [-0.39, 0.29) is 46.1 Å². The molecule has 1 fully saturated rings. The smallest absolute Gasteiger partial charge is 0.338 e. The summed E-state index contributed by atoms with van der Waals surface area (Å²) in [6.45, 7) is 1.19. The topological polar surface area (TPSA) is 86.1 Å². The maximum atomic E-state index is 13.9. The molecule has 13 heteroatoms. The zero-order valence-corrected chi connectivity index (χ0v) is 21.0. The van der Waals surface area contributed by atoms with Gasteiger partial charge in [0, 0.05) is 5.56 Å². The first-order chi connectivity index (χ1) is 18.2. The van der Waals surface area contributed by atoms with Crippen LogP contribution in [0.2, 0.25) is 0 Å². The second kappa shape index (κ2) is 8.87. The van der Waals surface area contributed by atoms with Crippen molar-refractivity contribution in [2.24, 2.45) is 0 Å². The fourth-order valence-electron chi connectivity index (χ4n) is 4.60. The van der Waals surface area contributed by atoms with Gasteiger partial charge in [0.2, 0.25) is 0 Å². The molecule has 39 heavy (non-hydrogen) atoms. The number of rotatable bonds is 4. The van der Waals surface area contributed by atoms with Crippen molar-refractivity contribution in [1.82, 2.24) is 4.98 Å². The second-order valence-electron chi connectivity index (χ2n) is 9.57. The van der Waals surface area contributed by atoms with Crippen LogP contribution in [-0.4, -0.2) is 19.6 Å². The average Bonchev–Trinajstić information content (AvgIpc) is 3.71. The van der Waals surface area contributed by atoms with Crippen LogP contribution in [0, 0.1) is 11.3 Å². The van der Waals surface area contributed by atoms with Crippen LogP contribution in [0.3, 0.4) is 0 Å². The number of fused-ring (bicyclic) bond motifs is 2. The van der Waals surface area contributed by atoms with Crippen molar-refractivity contribution in [2.75, 3.05) is 9.62 Å². The summed E-state index contributed by atoms with van der Waals surface area (Å²) in [6, 6.07) is 12.8. The largest absolute Gasteiger partial charge is 0.433 e. The zero-order chi connectivity index (χ0) is 28.4. The van der Waals surface area contributed by atoms with E-state index in [0.29, 0.717) is 5.56 Å². The van der Waals surface area contributed by atoms with Crippen molar-refractivity contribution in [3.8, 4) is 6.07 Å². The molecule has 0 radical (unpaired) electrons. The highest BCUT2D eigenvalue weighted by atomic mass is 32.2. The van der Waals surface area contributed by atoms with E-state index in [1.165, 1.54) is 12.1 Å². The maximum Gasteiger partial charge on any atom is 0.433 e. The third-order valence-electron chi connectivity index (χ3n) is 7.11. The van der Waals surface area contributed by atoms with Crippen LogP contribution >= 0.6 is 0 Å². The SMILES string of the molecule is CC(C#N)c1ccc2c(c1)N(S(=O)(=O)c1ccc(C3(C(F)(F)F)CC3)cc1)Cc1ccc(C(F)(F)F)nc1N2. The van der Waals surface area contributed by atoms with Gasteiger partial charge in [0.05, 0.1) is 40.2 Å². The Kier molecular flexibility index (Phi) is 6.10. The van der Waals surface area contributed by atoms with Gasteiger partial charge in [-0.15, -0.1) is 0 Å². The van der Waals surface area contributed by atoms with Crippen LogP contribution in [-0.2, 0) is 28.2 Å². The standard InChI is InChI=1S/C26H20F6N4O2S/c1-15(13-33)16-2-8-20-21(12-16)36(14-17-3-9-22(25(27,28)29)35-23(17)34-20)39(37,38)19-6-4-18(5-7-19)24(10-11-24)26(30,31)32/h2-9,12,15H,10-11,14H2,1H3,(H,34,35). The van der Waals surface area contributed by atoms with E-state index in [4.69, 9.17) is 0 Å². The van der Waals surface area contributed by atoms with E-state index in [0.717, 1.165) is 40.7 Å². The molecule has 1 unspecified atom stereocenters. The average molecular weight is 567 g/mol. The molecule has 1 atom stereocenters. The predicted octanol–water partition coefficient (Wildman–Crippen LogP) is 6.77. The van der Waals surface area contributed by atoms with Crippen molar-refractivity contribution in [3.63, 3.8) is 0 Å². The maximum absolute atomic E-state index is 13.9. The molecule has 1 saturated carbocycles. The van der Waals surface area contributed by atoms with Crippen LogP contribution in [0.5, 0.6) is 0 Å². The van der Waals surface area contributed by atoms with Crippen LogP contribution < -0.4 is 9.62 Å². The first-order valence-corrected chi connectivity index (χ1v) is 13.2. The van der Waals surface area contributed by atoms with Gasteiger partial charge in [0.1, 0.15) is 11.5 Å². The van der Waals surface area contributed by atoms with E-state index in [1.807, 2.05) is 0 Å². The van der Waals surface area contributed by atoms with E-state index in [9.17, 15) is 40.0 Å². The Morgan fingerprint density at radius 3 is 2.26 bits per heavy atom. The van der Waals surface area contributed by atoms with Gasteiger partial charge in [-0.05, 0) is 61.2 Å². The molecule has 5 rings (SSSR count). The van der Waals surface area contributed by atoms with Gasteiger partial charge in [-0.1, -0.05) is 24.3 Å². The molecule has 6 nitrogen and oxygen atoms in total. The summed E-state index contributed by atoms with van der Waals surface area (Å²) >= 11 is 0. The first kappa shape index (κ1) is 26.8. The highest BCUT2D eigenvalue weighted by Gasteiger charge is 2.64. The van der Waals surface area contributed by atoms with E-state index < -0.39 is 45.9 Å². The number of halogens is 6. The number of anilines is 3. The summed E-state index contributed by atoms with van der Waals surface area (Å²) in [4.78, 5) is 3.36. The number of nitrogens with zero attached hydrogens (tertiary/aromatic N) is 3. The molecular formula is C26H20F6N4O2S. The minimum atomic E-state index is -4.74. The van der Waals surface area contributed by atoms with Gasteiger partial charge >= 0.3 is 12.4 Å². The Bertz CT molecular complexity index is 1590. The molecule has 0 bridgehead atoms. The minimum absolute atomic E-state index is 0.0359. The number of sulfonamides is 1. The monoisotopic (exact) mass is 566 g/mol. The number of benzene rings is 2. The van der Waals surface area contributed by atoms with Gasteiger partial charge in [0.15, 0.2) is 0 Å². The van der Waals surface area contributed by atoms with Gasteiger partial charge in [-0.25, -0.2) is 13.4 Å². The molecule has 0 saturated heterocycles. The van der Waals surface area contributed by atoms with Crippen LogP contribution in [0.25, 0.3) is 0 Å². The fraction of sp³-hybridized carbons (Fsp3) is 0.308. The molecule has 2 aliphatic rings. The highest BCUT2D eigenvalue weighted by Crippen LogP contribution is 2.59. The van der Waals surface area contributed by atoms with Crippen molar-refractivity contribution in [1.29, 1.82) is 5.26 Å². The number of hydrogen-bond acceptors (Lipinski definition) is 5. The van der Waals surface area contributed by atoms with E-state index >= 15 is 0 Å². The van der Waals surface area contributed by atoms with Crippen molar-refractivity contribution in [2.45, 2.75) is 54.9 Å². The summed E-state index contributed by atoms with van der Waals surface area (Å²) in [5, 5.41) is 12.1. The number of alkyl halides is 6. The lowest BCUT2D eigenvalue weighted by Crippen LogP contribution is -2.31. The molecule has 0 spiro atoms. The normalized spacial score (nSPS) is 17.2. The van der Waals surface area contributed by atoms with E-state index in [2.05, 4.69) is 16.4 Å². The first-order valence-electron chi connectivity index (χ1n) is 11.8.